The predicted octanol–water partition coefficient (Wildman–Crippen LogP) is 5.92. The molecule has 0 N–H and O–H groups in total. The molecule has 0 bridgehead atoms. The largest absolute Gasteiger partial charge is 0 e. The second-order valence-electron chi connectivity index (χ2n) is 7.05. The summed E-state index contributed by atoms with van der Waals surface area (Å²) in [5, 5.41) is 0. The zero-order valence-corrected chi connectivity index (χ0v) is 15.3. The second kappa shape index (κ2) is 7.59. The van der Waals surface area contributed by atoms with Gasteiger partial charge in [-0.05, 0) is 0 Å². The van der Waals surface area contributed by atoms with Gasteiger partial charge >= 0.3 is 119 Å². The summed E-state index contributed by atoms with van der Waals surface area (Å²) in [6.07, 6.45) is 18.0. The van der Waals surface area contributed by atoms with E-state index >= 15 is 0 Å². The van der Waals surface area contributed by atoms with Crippen molar-refractivity contribution in [3.8, 4) is 0 Å². The maximum absolute atomic E-state index is 6.60. The zero-order chi connectivity index (χ0) is 12.4. The van der Waals surface area contributed by atoms with Crippen molar-refractivity contribution >= 4 is 18.9 Å². The van der Waals surface area contributed by atoms with Crippen LogP contribution in [0.15, 0.2) is 0 Å². The molecule has 115 valence electrons. The molecule has 0 amide bonds. The average Bonchev–Trinajstić information content (AvgIpc) is 3.16. The molecule has 0 heterocycles. The van der Waals surface area contributed by atoms with E-state index in [9.17, 15) is 0 Å². The van der Waals surface area contributed by atoms with Crippen molar-refractivity contribution in [3.05, 3.63) is 5.62 Å². The Morgan fingerprint density at radius 2 is 0.895 bits per heavy atom. The topological polar surface area (TPSA) is 0 Å². The van der Waals surface area contributed by atoms with E-state index in [1.54, 1.807) is 0 Å². The number of rotatable bonds is 4. The monoisotopic (exact) mass is 393 g/mol. The van der Waals surface area contributed by atoms with Crippen LogP contribution in [0.4, 0.5) is 0 Å². The van der Waals surface area contributed by atoms with Gasteiger partial charge in [0.05, 0.1) is 0 Å². The fraction of sp³-hybridized carbons (Fsp3) is 0.938. The van der Waals surface area contributed by atoms with Crippen LogP contribution in [-0.2, 0) is 20.4 Å². The maximum Gasteiger partial charge on any atom is 0 e. The van der Waals surface area contributed by atoms with E-state index in [1.807, 2.05) is 0 Å². The number of hydrogen-bond acceptors (Lipinski definition) is 0. The first-order chi connectivity index (χ1) is 8.88. The van der Waals surface area contributed by atoms with Crippen LogP contribution in [-0.4, -0.2) is 17.0 Å². The smallest absolute Gasteiger partial charge is 0 e. The van der Waals surface area contributed by atoms with Gasteiger partial charge in [-0.15, -0.1) is 0 Å². The SMILES string of the molecule is Cl[CH][PH](C1CCCC1)(C1CCCC1)C1CCCC1.[Pd]. The molecule has 3 aliphatic rings. The van der Waals surface area contributed by atoms with Gasteiger partial charge in [-0.3, -0.25) is 0 Å². The van der Waals surface area contributed by atoms with Crippen LogP contribution in [0.2, 0.25) is 0 Å². The molecule has 0 spiro atoms. The van der Waals surface area contributed by atoms with E-state index in [0.29, 0.717) is 0 Å². The zero-order valence-electron chi connectivity index (χ0n) is 12.0. The third-order valence-electron chi connectivity index (χ3n) is 6.38. The molecule has 0 aromatic heterocycles. The van der Waals surface area contributed by atoms with Crippen molar-refractivity contribution in [1.82, 2.24) is 0 Å². The van der Waals surface area contributed by atoms with Gasteiger partial charge in [-0.1, -0.05) is 0 Å². The Kier molecular flexibility index (Phi) is 6.69. The number of hydrogen-bond donors (Lipinski definition) is 0. The molecular weight excluding hydrogens is 365 g/mol. The van der Waals surface area contributed by atoms with Crippen LogP contribution in [0, 0.1) is 5.62 Å². The fourth-order valence-electron chi connectivity index (χ4n) is 5.54. The summed E-state index contributed by atoms with van der Waals surface area (Å²) in [6.45, 7) is 0. The Bertz CT molecular complexity index is 225. The fourth-order valence-corrected chi connectivity index (χ4v) is 13.9. The van der Waals surface area contributed by atoms with Gasteiger partial charge in [0.25, 0.3) is 0 Å². The van der Waals surface area contributed by atoms with E-state index in [1.165, 1.54) is 77.0 Å². The Balaban J connectivity index is 0.00000133. The quantitative estimate of drug-likeness (QED) is 0.410. The summed E-state index contributed by atoms with van der Waals surface area (Å²) < 4.78 is 0. The minimum atomic E-state index is -1.33. The first kappa shape index (κ1) is 16.7. The molecule has 1 radical (unpaired) electrons. The van der Waals surface area contributed by atoms with Gasteiger partial charge in [-0.2, -0.15) is 0 Å². The maximum atomic E-state index is 6.60. The Labute approximate surface area is 138 Å². The molecule has 0 atom stereocenters. The molecule has 0 unspecified atom stereocenters. The molecule has 19 heavy (non-hydrogen) atoms. The Morgan fingerprint density at radius 3 is 1.11 bits per heavy atom. The van der Waals surface area contributed by atoms with E-state index in [-0.39, 0.29) is 20.4 Å². The molecule has 0 aromatic carbocycles. The summed E-state index contributed by atoms with van der Waals surface area (Å²) in [7, 11) is -1.33. The summed E-state index contributed by atoms with van der Waals surface area (Å²) in [6, 6.07) is 0. The molecule has 3 rings (SSSR count). The average molecular weight is 394 g/mol. The van der Waals surface area contributed by atoms with E-state index in [4.69, 9.17) is 11.6 Å². The van der Waals surface area contributed by atoms with Gasteiger partial charge in [0.1, 0.15) is 0 Å². The predicted molar refractivity (Wildman–Crippen MR) is 85.2 cm³/mol. The molecule has 3 saturated carbocycles. The summed E-state index contributed by atoms with van der Waals surface area (Å²) >= 11 is 6.60. The third kappa shape index (κ3) is 3.11. The molecule has 0 saturated heterocycles. The summed E-state index contributed by atoms with van der Waals surface area (Å²) in [5.41, 5.74) is 5.50. The molecule has 0 nitrogen and oxygen atoms in total. The van der Waals surface area contributed by atoms with E-state index in [2.05, 4.69) is 5.62 Å². The van der Waals surface area contributed by atoms with Crippen LogP contribution in [0.3, 0.4) is 0 Å². The third-order valence-corrected chi connectivity index (χ3v) is 13.9. The van der Waals surface area contributed by atoms with Gasteiger partial charge in [0, 0.05) is 20.4 Å². The normalized spacial score (nSPS) is 27.8. The second-order valence-corrected chi connectivity index (χ2v) is 12.4. The van der Waals surface area contributed by atoms with Crippen molar-refractivity contribution < 1.29 is 20.4 Å². The van der Waals surface area contributed by atoms with Crippen LogP contribution in [0.25, 0.3) is 0 Å². The van der Waals surface area contributed by atoms with Crippen LogP contribution in [0.1, 0.15) is 77.0 Å². The minimum Gasteiger partial charge on any atom is 0 e. The Morgan fingerprint density at radius 1 is 0.632 bits per heavy atom. The molecule has 0 aromatic rings. The first-order valence-electron chi connectivity index (χ1n) is 8.32. The standard InChI is InChI=1S/C16H29ClP.Pd/c17-13-18(14-7-1-2-8-14,15-9-3-4-10-15)16-11-5-6-12-16;/h13-16,18H,1-12H2;. The molecule has 0 aliphatic heterocycles. The van der Waals surface area contributed by atoms with Crippen molar-refractivity contribution in [2.24, 2.45) is 0 Å². The van der Waals surface area contributed by atoms with Crippen LogP contribution in [0.5, 0.6) is 0 Å². The van der Waals surface area contributed by atoms with Gasteiger partial charge in [-0.25, -0.2) is 0 Å². The van der Waals surface area contributed by atoms with Crippen molar-refractivity contribution in [2.75, 3.05) is 0 Å². The Hall–Kier alpha value is 1.38. The van der Waals surface area contributed by atoms with Gasteiger partial charge in [0.15, 0.2) is 0 Å². The van der Waals surface area contributed by atoms with Crippen LogP contribution < -0.4 is 0 Å². The van der Waals surface area contributed by atoms with E-state index in [0.717, 1.165) is 17.0 Å². The molecular formula is C16H29ClPPd. The van der Waals surface area contributed by atoms with Gasteiger partial charge in [0.2, 0.25) is 0 Å². The van der Waals surface area contributed by atoms with Crippen LogP contribution >= 0.6 is 18.9 Å². The van der Waals surface area contributed by atoms with Gasteiger partial charge < -0.3 is 0 Å². The summed E-state index contributed by atoms with van der Waals surface area (Å²) in [5.74, 6) is 0. The van der Waals surface area contributed by atoms with E-state index < -0.39 is 7.26 Å². The minimum absolute atomic E-state index is 0. The molecule has 3 aliphatic carbocycles. The summed E-state index contributed by atoms with van der Waals surface area (Å²) in [4.78, 5) is 0. The van der Waals surface area contributed by atoms with Crippen molar-refractivity contribution in [2.45, 2.75) is 94.0 Å². The molecule has 3 heteroatoms. The van der Waals surface area contributed by atoms with Crippen molar-refractivity contribution in [1.29, 1.82) is 0 Å². The first-order valence-corrected chi connectivity index (χ1v) is 11.1. The molecule has 3 fully saturated rings. The van der Waals surface area contributed by atoms with Crippen molar-refractivity contribution in [3.63, 3.8) is 0 Å². The number of halogens is 1.